The van der Waals surface area contributed by atoms with Crippen molar-refractivity contribution < 1.29 is 24.1 Å². The van der Waals surface area contributed by atoms with E-state index >= 15 is 0 Å². The van der Waals surface area contributed by atoms with Crippen molar-refractivity contribution in [3.8, 4) is 11.5 Å². The number of benzene rings is 2. The molecule has 2 bridgehead atoms. The van der Waals surface area contributed by atoms with Gasteiger partial charge in [0.15, 0.2) is 0 Å². The highest BCUT2D eigenvalue weighted by atomic mass is 16.5. The lowest BCUT2D eigenvalue weighted by molar-refractivity contribution is -0.168. The molecule has 0 amide bonds. The standard InChI is InChI=1S/C24H28O5/c1-18-4-2-6-20(14-18)29-21-7-3-5-19(15-21)23-8-10-24(11-9-23,28-17-23)12-13-27-16-22(25)26/h2-7,14-15H,8-13,16-17H2,1H3,(H,25,26). The predicted octanol–water partition coefficient (Wildman–Crippen LogP) is 4.86. The summed E-state index contributed by atoms with van der Waals surface area (Å²) in [5.74, 6) is 0.776. The highest BCUT2D eigenvalue weighted by Crippen LogP contribution is 2.52. The van der Waals surface area contributed by atoms with Gasteiger partial charge in [-0.05, 0) is 74.4 Å². The Labute approximate surface area is 171 Å². The molecule has 5 rings (SSSR count). The minimum absolute atomic E-state index is 0.0373. The molecule has 0 atom stereocenters. The van der Waals surface area contributed by atoms with E-state index in [9.17, 15) is 4.79 Å². The van der Waals surface area contributed by atoms with E-state index in [1.807, 2.05) is 24.3 Å². The number of carbonyl (C=O) groups is 1. The summed E-state index contributed by atoms with van der Waals surface area (Å²) in [7, 11) is 0. The summed E-state index contributed by atoms with van der Waals surface area (Å²) in [5.41, 5.74) is 2.33. The second kappa shape index (κ2) is 8.17. The first-order chi connectivity index (χ1) is 14.0. The summed E-state index contributed by atoms with van der Waals surface area (Å²) in [6, 6.07) is 16.5. The molecule has 29 heavy (non-hydrogen) atoms. The Kier molecular flexibility index (Phi) is 5.61. The molecule has 2 aliphatic heterocycles. The molecular weight excluding hydrogens is 368 g/mol. The van der Waals surface area contributed by atoms with E-state index in [0.717, 1.165) is 43.6 Å². The maximum Gasteiger partial charge on any atom is 0.329 e. The minimum atomic E-state index is -0.928. The van der Waals surface area contributed by atoms with Crippen LogP contribution in [0.4, 0.5) is 0 Å². The van der Waals surface area contributed by atoms with Crippen LogP contribution in [0.3, 0.4) is 0 Å². The summed E-state index contributed by atoms with van der Waals surface area (Å²) in [6.07, 6.45) is 4.85. The molecule has 154 valence electrons. The van der Waals surface area contributed by atoms with Gasteiger partial charge >= 0.3 is 5.97 Å². The van der Waals surface area contributed by atoms with Gasteiger partial charge in [-0.25, -0.2) is 4.79 Å². The number of hydrogen-bond donors (Lipinski definition) is 1. The van der Waals surface area contributed by atoms with Crippen molar-refractivity contribution in [2.24, 2.45) is 0 Å². The Balaban J connectivity index is 1.41. The predicted molar refractivity (Wildman–Crippen MR) is 110 cm³/mol. The first-order valence-corrected chi connectivity index (χ1v) is 10.3. The number of ether oxygens (including phenoxy) is 3. The monoisotopic (exact) mass is 396 g/mol. The van der Waals surface area contributed by atoms with Gasteiger partial charge in [0, 0.05) is 5.41 Å². The number of fused-ring (bicyclic) bond motifs is 3. The lowest BCUT2D eigenvalue weighted by Crippen LogP contribution is -2.53. The van der Waals surface area contributed by atoms with E-state index < -0.39 is 5.97 Å². The van der Waals surface area contributed by atoms with E-state index in [0.29, 0.717) is 13.2 Å². The van der Waals surface area contributed by atoms with E-state index in [4.69, 9.17) is 19.3 Å². The molecule has 2 saturated heterocycles. The van der Waals surface area contributed by atoms with Gasteiger partial charge in [-0.1, -0.05) is 24.3 Å². The minimum Gasteiger partial charge on any atom is -0.480 e. The SMILES string of the molecule is Cc1cccc(Oc2cccc(C34CCC(CCOCC(=O)O)(CC3)OC4)c2)c1. The Hall–Kier alpha value is -2.37. The third-order valence-corrected chi connectivity index (χ3v) is 6.37. The molecule has 1 saturated carbocycles. The van der Waals surface area contributed by atoms with Crippen molar-refractivity contribution in [2.45, 2.75) is 50.0 Å². The van der Waals surface area contributed by atoms with Gasteiger partial charge in [0.1, 0.15) is 18.1 Å². The van der Waals surface area contributed by atoms with Crippen LogP contribution in [-0.2, 0) is 19.7 Å². The van der Waals surface area contributed by atoms with Gasteiger partial charge in [0.05, 0.1) is 18.8 Å². The van der Waals surface area contributed by atoms with Crippen molar-refractivity contribution in [3.63, 3.8) is 0 Å². The molecule has 0 radical (unpaired) electrons. The molecule has 2 aromatic rings. The van der Waals surface area contributed by atoms with E-state index in [2.05, 4.69) is 31.2 Å². The number of aliphatic carboxylic acids is 1. The maximum absolute atomic E-state index is 10.6. The fraction of sp³-hybridized carbons (Fsp3) is 0.458. The van der Waals surface area contributed by atoms with E-state index in [1.165, 1.54) is 11.1 Å². The average molecular weight is 396 g/mol. The molecule has 3 fully saturated rings. The zero-order valence-corrected chi connectivity index (χ0v) is 16.9. The number of carboxylic acids is 1. The van der Waals surface area contributed by atoms with Crippen molar-refractivity contribution in [2.75, 3.05) is 19.8 Å². The Bertz CT molecular complexity index is 851. The number of rotatable bonds is 8. The van der Waals surface area contributed by atoms with Crippen molar-refractivity contribution in [3.05, 3.63) is 59.7 Å². The summed E-state index contributed by atoms with van der Waals surface area (Å²) >= 11 is 0. The first kappa shape index (κ1) is 19.9. The van der Waals surface area contributed by atoms with Gasteiger partial charge in [-0.2, -0.15) is 0 Å². The first-order valence-electron chi connectivity index (χ1n) is 10.3. The quantitative estimate of drug-likeness (QED) is 0.646. The molecule has 0 spiro atoms. The van der Waals surface area contributed by atoms with Crippen molar-refractivity contribution >= 4 is 5.97 Å². The zero-order chi connectivity index (χ0) is 20.3. The Morgan fingerprint density at radius 2 is 1.79 bits per heavy atom. The second-order valence-corrected chi connectivity index (χ2v) is 8.39. The Morgan fingerprint density at radius 1 is 1.07 bits per heavy atom. The van der Waals surface area contributed by atoms with Crippen molar-refractivity contribution in [1.29, 1.82) is 0 Å². The zero-order valence-electron chi connectivity index (χ0n) is 16.9. The maximum atomic E-state index is 10.6. The van der Waals surface area contributed by atoms with E-state index in [-0.39, 0.29) is 17.6 Å². The van der Waals surface area contributed by atoms with Crippen LogP contribution in [0.15, 0.2) is 48.5 Å². The molecule has 5 nitrogen and oxygen atoms in total. The van der Waals surface area contributed by atoms with Crippen LogP contribution >= 0.6 is 0 Å². The smallest absolute Gasteiger partial charge is 0.329 e. The molecule has 1 N–H and O–H groups in total. The third-order valence-electron chi connectivity index (χ3n) is 6.37. The number of aryl methyl sites for hydroxylation is 1. The normalized spacial score (nSPS) is 25.7. The Morgan fingerprint density at radius 3 is 2.45 bits per heavy atom. The lowest BCUT2D eigenvalue weighted by atomic mass is 9.62. The molecule has 0 aromatic heterocycles. The summed E-state index contributed by atoms with van der Waals surface area (Å²) < 4.78 is 17.7. The van der Waals surface area contributed by atoms with Crippen LogP contribution in [-0.4, -0.2) is 36.5 Å². The van der Waals surface area contributed by atoms with Crippen LogP contribution in [0, 0.1) is 6.92 Å². The summed E-state index contributed by atoms with van der Waals surface area (Å²) in [5, 5.41) is 8.70. The average Bonchev–Trinajstić information content (AvgIpc) is 2.73. The lowest BCUT2D eigenvalue weighted by Gasteiger charge is -2.53. The van der Waals surface area contributed by atoms with E-state index in [1.54, 1.807) is 0 Å². The number of carboxylic acid groups (broad SMARTS) is 1. The van der Waals surface area contributed by atoms with Crippen molar-refractivity contribution in [1.82, 2.24) is 0 Å². The summed E-state index contributed by atoms with van der Waals surface area (Å²) in [6.45, 7) is 2.94. The van der Waals surface area contributed by atoms with Crippen LogP contribution in [0.25, 0.3) is 0 Å². The largest absolute Gasteiger partial charge is 0.480 e. The van der Waals surface area contributed by atoms with Gasteiger partial charge < -0.3 is 19.3 Å². The molecule has 3 aliphatic rings. The van der Waals surface area contributed by atoms with Crippen LogP contribution in [0.1, 0.15) is 43.2 Å². The highest BCUT2D eigenvalue weighted by Gasteiger charge is 2.50. The molecule has 5 heteroatoms. The third kappa shape index (κ3) is 4.46. The molecule has 2 heterocycles. The van der Waals surface area contributed by atoms with Crippen LogP contribution in [0.5, 0.6) is 11.5 Å². The van der Waals surface area contributed by atoms with Crippen LogP contribution in [0.2, 0.25) is 0 Å². The number of hydrogen-bond acceptors (Lipinski definition) is 4. The fourth-order valence-corrected chi connectivity index (χ4v) is 4.58. The van der Waals surface area contributed by atoms with Crippen LogP contribution < -0.4 is 4.74 Å². The van der Waals surface area contributed by atoms with Gasteiger partial charge in [-0.3, -0.25) is 0 Å². The van der Waals surface area contributed by atoms with Gasteiger partial charge in [-0.15, -0.1) is 0 Å². The summed E-state index contributed by atoms with van der Waals surface area (Å²) in [4.78, 5) is 10.6. The highest BCUT2D eigenvalue weighted by molar-refractivity contribution is 5.67. The molecule has 0 unspecified atom stereocenters. The van der Waals surface area contributed by atoms with Gasteiger partial charge in [0.2, 0.25) is 0 Å². The van der Waals surface area contributed by atoms with Gasteiger partial charge in [0.25, 0.3) is 0 Å². The molecular formula is C24H28O5. The molecule has 2 aromatic carbocycles. The topological polar surface area (TPSA) is 65.0 Å². The molecule has 1 aliphatic carbocycles. The second-order valence-electron chi connectivity index (χ2n) is 8.39. The fourth-order valence-electron chi connectivity index (χ4n) is 4.58.